The summed E-state index contributed by atoms with van der Waals surface area (Å²) in [5.41, 5.74) is 0.891. The summed E-state index contributed by atoms with van der Waals surface area (Å²) < 4.78 is 22.3. The Morgan fingerprint density at radius 3 is 2.76 bits per heavy atom. The fourth-order valence-corrected chi connectivity index (χ4v) is 3.18. The topological polar surface area (TPSA) is 118 Å². The Morgan fingerprint density at radius 2 is 2.19 bits per heavy atom. The molecule has 1 unspecified atom stereocenters. The van der Waals surface area contributed by atoms with Gasteiger partial charge in [-0.25, -0.2) is 18.5 Å². The molecule has 2 aromatic heterocycles. The van der Waals surface area contributed by atoms with Gasteiger partial charge in [0.15, 0.2) is 9.34 Å². The summed E-state index contributed by atoms with van der Waals surface area (Å²) in [4.78, 5) is 8.16. The second-order valence-corrected chi connectivity index (χ2v) is 7.30. The average Bonchev–Trinajstić information content (AvgIpc) is 2.93. The van der Waals surface area contributed by atoms with Gasteiger partial charge >= 0.3 is 0 Å². The van der Waals surface area contributed by atoms with E-state index in [4.69, 9.17) is 5.14 Å². The highest BCUT2D eigenvalue weighted by molar-refractivity contribution is 7.91. The predicted octanol–water partition coefficient (Wildman–Crippen LogP) is 0.449. The van der Waals surface area contributed by atoms with Crippen molar-refractivity contribution in [2.75, 3.05) is 18.5 Å². The molecule has 21 heavy (non-hydrogen) atoms. The van der Waals surface area contributed by atoms with Crippen LogP contribution in [0.1, 0.15) is 5.69 Å². The van der Waals surface area contributed by atoms with Crippen molar-refractivity contribution in [3.05, 3.63) is 36.3 Å². The fraction of sp³-hybridized carbons (Fsp3) is 0.333. The van der Waals surface area contributed by atoms with E-state index in [0.717, 1.165) is 17.0 Å². The lowest BCUT2D eigenvalue weighted by Gasteiger charge is -2.13. The molecule has 0 bridgehead atoms. The third-order valence-corrected chi connectivity index (χ3v) is 5.15. The van der Waals surface area contributed by atoms with Crippen molar-refractivity contribution in [3.8, 4) is 0 Å². The third kappa shape index (κ3) is 4.74. The fourth-order valence-electron chi connectivity index (χ4n) is 1.72. The molecule has 2 heterocycles. The Kier molecular flexibility index (Phi) is 5.23. The second kappa shape index (κ2) is 6.94. The zero-order chi connectivity index (χ0) is 15.3. The number of nitrogens with one attached hydrogen (secondary N) is 1. The molecular formula is C12H16N4O3S2. The van der Waals surface area contributed by atoms with Crippen LogP contribution in [0.25, 0.3) is 0 Å². The number of hydrogen-bond acceptors (Lipinski definition) is 7. The Morgan fingerprint density at radius 1 is 1.38 bits per heavy atom. The second-order valence-electron chi connectivity index (χ2n) is 4.48. The first-order valence-electron chi connectivity index (χ1n) is 6.22. The van der Waals surface area contributed by atoms with Crippen LogP contribution in [0.15, 0.2) is 34.8 Å². The van der Waals surface area contributed by atoms with Gasteiger partial charge < -0.3 is 10.4 Å². The molecule has 0 aromatic carbocycles. The summed E-state index contributed by atoms with van der Waals surface area (Å²) in [6, 6.07) is 5.62. The molecule has 0 aliphatic heterocycles. The van der Waals surface area contributed by atoms with Gasteiger partial charge in [-0.2, -0.15) is 0 Å². The minimum absolute atomic E-state index is 0.00298. The summed E-state index contributed by atoms with van der Waals surface area (Å²) >= 11 is 0.966. The van der Waals surface area contributed by atoms with Crippen molar-refractivity contribution < 1.29 is 13.5 Å². The van der Waals surface area contributed by atoms with Gasteiger partial charge in [0.05, 0.1) is 6.20 Å². The number of rotatable bonds is 7. The van der Waals surface area contributed by atoms with E-state index in [1.54, 1.807) is 6.20 Å². The Hall–Kier alpha value is -1.55. The molecule has 114 valence electrons. The Labute approximate surface area is 126 Å². The number of aliphatic hydroxyl groups is 1. The van der Waals surface area contributed by atoms with E-state index in [-0.39, 0.29) is 16.7 Å². The maximum absolute atomic E-state index is 11.2. The highest BCUT2D eigenvalue weighted by atomic mass is 32.2. The van der Waals surface area contributed by atoms with Crippen LogP contribution in [0.5, 0.6) is 0 Å². The first-order valence-corrected chi connectivity index (χ1v) is 8.58. The smallest absolute Gasteiger partial charge is 0.249 e. The lowest BCUT2D eigenvalue weighted by atomic mass is 10.0. The van der Waals surface area contributed by atoms with Gasteiger partial charge in [0, 0.05) is 31.0 Å². The normalized spacial score (nSPS) is 13.0. The van der Waals surface area contributed by atoms with Crippen molar-refractivity contribution in [2.45, 2.75) is 10.6 Å². The van der Waals surface area contributed by atoms with E-state index in [1.165, 1.54) is 6.20 Å². The summed E-state index contributed by atoms with van der Waals surface area (Å²) in [7, 11) is -3.72. The Balaban J connectivity index is 1.93. The van der Waals surface area contributed by atoms with Crippen LogP contribution in [0.4, 0.5) is 5.13 Å². The van der Waals surface area contributed by atoms with Crippen LogP contribution < -0.4 is 10.5 Å². The van der Waals surface area contributed by atoms with Crippen LogP contribution in [0.3, 0.4) is 0 Å². The van der Waals surface area contributed by atoms with Crippen LogP contribution in [-0.2, 0) is 16.4 Å². The zero-order valence-corrected chi connectivity index (χ0v) is 12.8. The average molecular weight is 328 g/mol. The van der Waals surface area contributed by atoms with Gasteiger partial charge in [0.1, 0.15) is 0 Å². The molecular weight excluding hydrogens is 312 g/mol. The minimum atomic E-state index is -3.72. The molecule has 4 N–H and O–H groups in total. The molecule has 1 atom stereocenters. The number of primary sulfonamides is 1. The largest absolute Gasteiger partial charge is 0.396 e. The maximum Gasteiger partial charge on any atom is 0.249 e. The number of nitrogens with zero attached hydrogens (tertiary/aromatic N) is 2. The van der Waals surface area contributed by atoms with Gasteiger partial charge in [0.25, 0.3) is 0 Å². The lowest BCUT2D eigenvalue weighted by molar-refractivity contribution is 0.232. The van der Waals surface area contributed by atoms with Gasteiger partial charge in [-0.3, -0.25) is 4.98 Å². The van der Waals surface area contributed by atoms with Crippen LogP contribution >= 0.6 is 11.3 Å². The standard InChI is InChI=1S/C12H16N4O3S2/c13-21(18,19)11-7-16-12(20-11)15-6-9(8-17)5-10-3-1-2-4-14-10/h1-4,7,9,17H,5-6,8H2,(H,15,16)(H2,13,18,19). The van der Waals surface area contributed by atoms with E-state index in [2.05, 4.69) is 15.3 Å². The molecule has 0 aliphatic rings. The summed E-state index contributed by atoms with van der Waals surface area (Å²) in [5, 5.41) is 17.9. The van der Waals surface area contributed by atoms with Crippen molar-refractivity contribution in [3.63, 3.8) is 0 Å². The number of hydrogen-bond donors (Lipinski definition) is 3. The number of aromatic nitrogens is 2. The molecule has 0 fully saturated rings. The highest BCUT2D eigenvalue weighted by Gasteiger charge is 2.14. The number of pyridine rings is 1. The number of nitrogens with two attached hydrogens (primary N) is 1. The van der Waals surface area contributed by atoms with Gasteiger partial charge in [-0.05, 0) is 18.6 Å². The van der Waals surface area contributed by atoms with Crippen LogP contribution in [-0.4, -0.2) is 36.6 Å². The molecule has 0 saturated heterocycles. The van der Waals surface area contributed by atoms with E-state index < -0.39 is 10.0 Å². The molecule has 9 heteroatoms. The number of anilines is 1. The lowest BCUT2D eigenvalue weighted by Crippen LogP contribution is -2.20. The van der Waals surface area contributed by atoms with Gasteiger partial charge in [-0.15, -0.1) is 0 Å². The number of sulfonamides is 1. The molecule has 0 spiro atoms. The molecule has 0 amide bonds. The summed E-state index contributed by atoms with van der Waals surface area (Å²) in [6.07, 6.45) is 3.54. The number of aliphatic hydroxyl groups excluding tert-OH is 1. The Bertz CT molecular complexity index is 673. The molecule has 7 nitrogen and oxygen atoms in total. The van der Waals surface area contributed by atoms with E-state index in [9.17, 15) is 13.5 Å². The summed E-state index contributed by atoms with van der Waals surface area (Å²) in [6.45, 7) is 0.460. The molecule has 2 aromatic rings. The summed E-state index contributed by atoms with van der Waals surface area (Å²) in [5.74, 6) is -0.0401. The van der Waals surface area contributed by atoms with E-state index in [1.807, 2.05) is 18.2 Å². The van der Waals surface area contributed by atoms with Gasteiger partial charge in [-0.1, -0.05) is 17.4 Å². The van der Waals surface area contributed by atoms with Gasteiger partial charge in [0.2, 0.25) is 10.0 Å². The van der Waals surface area contributed by atoms with Crippen LogP contribution in [0, 0.1) is 5.92 Å². The van der Waals surface area contributed by atoms with Crippen LogP contribution in [0.2, 0.25) is 0 Å². The SMILES string of the molecule is NS(=O)(=O)c1cnc(NCC(CO)Cc2ccccn2)s1. The number of thiazole rings is 1. The maximum atomic E-state index is 11.2. The third-order valence-electron chi connectivity index (χ3n) is 2.79. The molecule has 2 rings (SSSR count). The zero-order valence-electron chi connectivity index (χ0n) is 11.1. The van der Waals surface area contributed by atoms with E-state index in [0.29, 0.717) is 18.1 Å². The molecule has 0 aliphatic carbocycles. The van der Waals surface area contributed by atoms with Crippen molar-refractivity contribution in [2.24, 2.45) is 11.1 Å². The van der Waals surface area contributed by atoms with Crippen molar-refractivity contribution in [1.29, 1.82) is 0 Å². The first-order chi connectivity index (χ1) is 9.99. The van der Waals surface area contributed by atoms with Crippen molar-refractivity contribution >= 4 is 26.5 Å². The van der Waals surface area contributed by atoms with Crippen molar-refractivity contribution in [1.82, 2.24) is 9.97 Å². The monoisotopic (exact) mass is 328 g/mol. The minimum Gasteiger partial charge on any atom is -0.396 e. The quantitative estimate of drug-likeness (QED) is 0.679. The molecule has 0 saturated carbocycles. The molecule has 0 radical (unpaired) electrons. The first kappa shape index (κ1) is 15.8. The predicted molar refractivity (Wildman–Crippen MR) is 80.5 cm³/mol. The van der Waals surface area contributed by atoms with E-state index >= 15 is 0 Å². The highest BCUT2D eigenvalue weighted by Crippen LogP contribution is 2.21.